The number of amides is 1. The predicted octanol–water partition coefficient (Wildman–Crippen LogP) is 5.43. The molecular formula is C21H17ClF2N2O2S. The van der Waals surface area contributed by atoms with Crippen molar-refractivity contribution in [2.45, 2.75) is 18.9 Å². The molecule has 0 atom stereocenters. The molecule has 4 nitrogen and oxygen atoms in total. The number of hydrogen-bond acceptors (Lipinski definition) is 4. The van der Waals surface area contributed by atoms with Gasteiger partial charge in [0, 0.05) is 48.0 Å². The van der Waals surface area contributed by atoms with Crippen LogP contribution >= 0.6 is 22.9 Å². The summed E-state index contributed by atoms with van der Waals surface area (Å²) in [6, 6.07) is 10.6. The molecule has 0 unspecified atom stereocenters. The van der Waals surface area contributed by atoms with Gasteiger partial charge in [0.05, 0.1) is 0 Å². The van der Waals surface area contributed by atoms with Crippen LogP contribution < -0.4 is 4.74 Å². The van der Waals surface area contributed by atoms with Crippen molar-refractivity contribution in [1.82, 2.24) is 9.88 Å². The van der Waals surface area contributed by atoms with Crippen molar-refractivity contribution < 1.29 is 18.3 Å². The van der Waals surface area contributed by atoms with Crippen LogP contribution in [-0.4, -0.2) is 35.0 Å². The SMILES string of the molecule is O=C(c1csc(-c2ccc(Cl)cc2)n1)N1CCC(Oc2ccc(F)cc2F)CC1. The van der Waals surface area contributed by atoms with E-state index < -0.39 is 11.6 Å². The maximum Gasteiger partial charge on any atom is 0.273 e. The van der Waals surface area contributed by atoms with Gasteiger partial charge in [0.25, 0.3) is 5.91 Å². The quantitative estimate of drug-likeness (QED) is 0.550. The van der Waals surface area contributed by atoms with Gasteiger partial charge in [-0.05, 0) is 24.3 Å². The number of piperidine rings is 1. The fourth-order valence-corrected chi connectivity index (χ4v) is 4.11. The van der Waals surface area contributed by atoms with Crippen molar-refractivity contribution >= 4 is 28.8 Å². The number of ether oxygens (including phenoxy) is 1. The zero-order valence-corrected chi connectivity index (χ0v) is 16.9. The molecule has 0 bridgehead atoms. The predicted molar refractivity (Wildman–Crippen MR) is 108 cm³/mol. The Bertz CT molecular complexity index is 1020. The number of halogens is 3. The van der Waals surface area contributed by atoms with Crippen molar-refractivity contribution in [1.29, 1.82) is 0 Å². The lowest BCUT2D eigenvalue weighted by Gasteiger charge is -2.31. The monoisotopic (exact) mass is 434 g/mol. The number of hydrogen-bond donors (Lipinski definition) is 0. The lowest BCUT2D eigenvalue weighted by Crippen LogP contribution is -2.42. The summed E-state index contributed by atoms with van der Waals surface area (Å²) in [7, 11) is 0. The van der Waals surface area contributed by atoms with E-state index in [9.17, 15) is 13.6 Å². The van der Waals surface area contributed by atoms with Gasteiger partial charge in [-0.25, -0.2) is 13.8 Å². The molecule has 0 N–H and O–H groups in total. The molecule has 29 heavy (non-hydrogen) atoms. The maximum atomic E-state index is 13.8. The van der Waals surface area contributed by atoms with E-state index in [1.54, 1.807) is 22.4 Å². The molecule has 3 aromatic rings. The average Bonchev–Trinajstić information content (AvgIpc) is 3.21. The zero-order valence-electron chi connectivity index (χ0n) is 15.3. The Kier molecular flexibility index (Phi) is 5.78. The highest BCUT2D eigenvalue weighted by Crippen LogP contribution is 2.27. The van der Waals surface area contributed by atoms with E-state index in [0.29, 0.717) is 36.6 Å². The molecule has 2 aromatic carbocycles. The van der Waals surface area contributed by atoms with Crippen LogP contribution in [0.2, 0.25) is 5.02 Å². The molecule has 1 aromatic heterocycles. The van der Waals surface area contributed by atoms with Crippen LogP contribution in [-0.2, 0) is 0 Å². The second kappa shape index (κ2) is 8.47. The van der Waals surface area contributed by atoms with Gasteiger partial charge in [-0.2, -0.15) is 0 Å². The van der Waals surface area contributed by atoms with Crippen LogP contribution in [0.1, 0.15) is 23.3 Å². The number of nitrogens with zero attached hydrogens (tertiary/aromatic N) is 2. The summed E-state index contributed by atoms with van der Waals surface area (Å²) in [5.74, 6) is -1.46. The summed E-state index contributed by atoms with van der Waals surface area (Å²) >= 11 is 7.32. The van der Waals surface area contributed by atoms with Crippen molar-refractivity contribution in [3.05, 3.63) is 70.2 Å². The third-order valence-corrected chi connectivity index (χ3v) is 5.87. The second-order valence-corrected chi connectivity index (χ2v) is 8.02. The highest BCUT2D eigenvalue weighted by molar-refractivity contribution is 7.13. The first-order valence-electron chi connectivity index (χ1n) is 9.12. The Balaban J connectivity index is 1.36. The summed E-state index contributed by atoms with van der Waals surface area (Å²) in [5, 5.41) is 3.16. The first-order chi connectivity index (χ1) is 14.0. The summed E-state index contributed by atoms with van der Waals surface area (Å²) in [6.07, 6.45) is 0.909. The number of rotatable bonds is 4. The van der Waals surface area contributed by atoms with Crippen molar-refractivity contribution in [3.8, 4) is 16.3 Å². The Labute approximate surface area is 175 Å². The number of benzene rings is 2. The minimum Gasteiger partial charge on any atom is -0.487 e. The second-order valence-electron chi connectivity index (χ2n) is 6.73. The highest BCUT2D eigenvalue weighted by Gasteiger charge is 2.26. The molecule has 0 aliphatic carbocycles. The summed E-state index contributed by atoms with van der Waals surface area (Å²) in [4.78, 5) is 18.9. The molecule has 1 saturated heterocycles. The largest absolute Gasteiger partial charge is 0.487 e. The molecule has 2 heterocycles. The Morgan fingerprint density at radius 2 is 1.86 bits per heavy atom. The summed E-state index contributed by atoms with van der Waals surface area (Å²) in [5.41, 5.74) is 1.32. The van der Waals surface area contributed by atoms with E-state index in [-0.39, 0.29) is 17.8 Å². The first kappa shape index (κ1) is 19.8. The van der Waals surface area contributed by atoms with E-state index in [2.05, 4.69) is 4.98 Å². The van der Waals surface area contributed by atoms with Crippen LogP contribution in [0.3, 0.4) is 0 Å². The van der Waals surface area contributed by atoms with Gasteiger partial charge in [0.2, 0.25) is 0 Å². The topological polar surface area (TPSA) is 42.4 Å². The molecule has 1 amide bonds. The smallest absolute Gasteiger partial charge is 0.273 e. The highest BCUT2D eigenvalue weighted by atomic mass is 35.5. The molecule has 1 fully saturated rings. The van der Waals surface area contributed by atoms with Crippen LogP contribution in [0, 0.1) is 11.6 Å². The van der Waals surface area contributed by atoms with E-state index in [1.165, 1.54) is 17.4 Å². The van der Waals surface area contributed by atoms with E-state index in [1.807, 2.05) is 12.1 Å². The van der Waals surface area contributed by atoms with Crippen molar-refractivity contribution in [3.63, 3.8) is 0 Å². The lowest BCUT2D eigenvalue weighted by atomic mass is 10.1. The molecule has 1 aliphatic heterocycles. The summed E-state index contributed by atoms with van der Waals surface area (Å²) < 4.78 is 32.4. The fourth-order valence-electron chi connectivity index (χ4n) is 3.19. The molecule has 0 spiro atoms. The van der Waals surface area contributed by atoms with E-state index in [4.69, 9.17) is 16.3 Å². The van der Waals surface area contributed by atoms with Gasteiger partial charge in [0.15, 0.2) is 11.6 Å². The van der Waals surface area contributed by atoms with Gasteiger partial charge >= 0.3 is 0 Å². The lowest BCUT2D eigenvalue weighted by molar-refractivity contribution is 0.0583. The molecule has 150 valence electrons. The van der Waals surface area contributed by atoms with Gasteiger partial charge in [0.1, 0.15) is 22.6 Å². The molecular weight excluding hydrogens is 418 g/mol. The van der Waals surface area contributed by atoms with Gasteiger partial charge in [-0.3, -0.25) is 4.79 Å². The minimum atomic E-state index is -0.722. The van der Waals surface area contributed by atoms with Gasteiger partial charge in [-0.15, -0.1) is 11.3 Å². The van der Waals surface area contributed by atoms with Crippen LogP contribution in [0.4, 0.5) is 8.78 Å². The Morgan fingerprint density at radius 3 is 2.55 bits per heavy atom. The Morgan fingerprint density at radius 1 is 1.14 bits per heavy atom. The van der Waals surface area contributed by atoms with Gasteiger partial charge < -0.3 is 9.64 Å². The van der Waals surface area contributed by atoms with Gasteiger partial charge in [-0.1, -0.05) is 23.7 Å². The minimum absolute atomic E-state index is 0.0308. The molecule has 0 saturated carbocycles. The Hall–Kier alpha value is -2.51. The van der Waals surface area contributed by atoms with Crippen LogP contribution in [0.15, 0.2) is 47.8 Å². The van der Waals surface area contributed by atoms with Crippen LogP contribution in [0.5, 0.6) is 5.75 Å². The number of aromatic nitrogens is 1. The normalized spacial score (nSPS) is 14.8. The van der Waals surface area contributed by atoms with Crippen molar-refractivity contribution in [2.75, 3.05) is 13.1 Å². The molecule has 1 aliphatic rings. The molecule has 8 heteroatoms. The van der Waals surface area contributed by atoms with Crippen LogP contribution in [0.25, 0.3) is 10.6 Å². The zero-order chi connectivity index (χ0) is 20.4. The fraction of sp³-hybridized carbons (Fsp3) is 0.238. The number of thiazole rings is 1. The first-order valence-corrected chi connectivity index (χ1v) is 10.4. The van der Waals surface area contributed by atoms with Crippen molar-refractivity contribution in [2.24, 2.45) is 0 Å². The number of carbonyl (C=O) groups is 1. The molecule has 4 rings (SSSR count). The van der Waals surface area contributed by atoms with E-state index >= 15 is 0 Å². The number of likely N-dealkylation sites (tertiary alicyclic amines) is 1. The molecule has 0 radical (unpaired) electrons. The average molecular weight is 435 g/mol. The third-order valence-electron chi connectivity index (χ3n) is 4.73. The standard InChI is InChI=1S/C21H17ClF2N2O2S/c22-14-3-1-13(2-4-14)20-25-18(12-29-20)21(27)26-9-7-16(8-10-26)28-19-6-5-15(23)11-17(19)24/h1-6,11-12,16H,7-10H2. The maximum absolute atomic E-state index is 13.8. The number of carbonyl (C=O) groups excluding carboxylic acids is 1. The van der Waals surface area contributed by atoms with E-state index in [0.717, 1.165) is 22.7 Å². The summed E-state index contributed by atoms with van der Waals surface area (Å²) in [6.45, 7) is 0.972. The third kappa shape index (κ3) is 4.57.